The van der Waals surface area contributed by atoms with Gasteiger partial charge in [0.05, 0.1) is 19.1 Å². The highest BCUT2D eigenvalue weighted by Crippen LogP contribution is 2.34. The molecule has 0 spiro atoms. The fourth-order valence-electron chi connectivity index (χ4n) is 1.28. The Labute approximate surface area is 88.6 Å². The van der Waals surface area contributed by atoms with E-state index in [0.717, 1.165) is 22.0 Å². The van der Waals surface area contributed by atoms with Crippen molar-refractivity contribution in [3.05, 3.63) is 17.7 Å². The molecule has 0 aliphatic carbocycles. The molecule has 1 aromatic carbocycles. The van der Waals surface area contributed by atoms with Crippen molar-refractivity contribution >= 4 is 11.8 Å². The van der Waals surface area contributed by atoms with E-state index in [1.807, 2.05) is 18.4 Å². The van der Waals surface area contributed by atoms with Crippen molar-refractivity contribution in [2.24, 2.45) is 5.73 Å². The molecule has 4 heteroatoms. The number of hydrogen-bond acceptors (Lipinski definition) is 4. The molecule has 0 bridgehead atoms. The summed E-state index contributed by atoms with van der Waals surface area (Å²) in [6.45, 7) is 0.452. The Bertz CT molecular complexity index is 290. The third-order valence-corrected chi connectivity index (χ3v) is 2.73. The second-order valence-electron chi connectivity index (χ2n) is 2.73. The maximum absolute atomic E-state index is 5.63. The summed E-state index contributed by atoms with van der Waals surface area (Å²) in [5.41, 5.74) is 6.60. The first kappa shape index (κ1) is 11.2. The molecule has 78 valence electrons. The zero-order valence-corrected chi connectivity index (χ0v) is 9.48. The average Bonchev–Trinajstić information content (AvgIpc) is 2.26. The van der Waals surface area contributed by atoms with Gasteiger partial charge in [-0.2, -0.15) is 0 Å². The van der Waals surface area contributed by atoms with Crippen molar-refractivity contribution in [2.45, 2.75) is 11.4 Å². The summed E-state index contributed by atoms with van der Waals surface area (Å²) in [6, 6.07) is 3.85. The Hall–Kier alpha value is -0.870. The van der Waals surface area contributed by atoms with E-state index >= 15 is 0 Å². The first-order valence-corrected chi connectivity index (χ1v) is 5.48. The summed E-state index contributed by atoms with van der Waals surface area (Å²) in [5, 5.41) is 0. The lowest BCUT2D eigenvalue weighted by molar-refractivity contribution is 0.389. The predicted molar refractivity (Wildman–Crippen MR) is 59.2 cm³/mol. The molecular weight excluding hydrogens is 198 g/mol. The molecular formula is C10H15NO2S. The topological polar surface area (TPSA) is 44.5 Å². The number of methoxy groups -OCH3 is 2. The molecule has 1 aromatic rings. The highest BCUT2D eigenvalue weighted by atomic mass is 32.2. The summed E-state index contributed by atoms with van der Waals surface area (Å²) < 4.78 is 10.5. The molecule has 0 amide bonds. The minimum Gasteiger partial charge on any atom is -0.497 e. The van der Waals surface area contributed by atoms with Crippen molar-refractivity contribution in [1.29, 1.82) is 0 Å². The lowest BCUT2D eigenvalue weighted by Crippen LogP contribution is -2.01. The van der Waals surface area contributed by atoms with Gasteiger partial charge in [0.1, 0.15) is 11.5 Å². The summed E-state index contributed by atoms with van der Waals surface area (Å²) in [5.74, 6) is 1.66. The molecule has 1 rings (SSSR count). The van der Waals surface area contributed by atoms with Gasteiger partial charge in [0.15, 0.2) is 0 Å². The minimum atomic E-state index is 0.452. The van der Waals surface area contributed by atoms with Crippen LogP contribution in [-0.4, -0.2) is 20.5 Å². The molecule has 2 N–H and O–H groups in total. The third-order valence-electron chi connectivity index (χ3n) is 1.98. The molecule has 0 saturated heterocycles. The van der Waals surface area contributed by atoms with Crippen LogP contribution < -0.4 is 15.2 Å². The SMILES string of the molecule is COc1cc(CN)c(OC)c(SC)c1. The maximum atomic E-state index is 5.63. The molecule has 0 atom stereocenters. The van der Waals surface area contributed by atoms with E-state index in [2.05, 4.69) is 0 Å². The van der Waals surface area contributed by atoms with E-state index in [4.69, 9.17) is 15.2 Å². The number of rotatable bonds is 4. The number of hydrogen-bond donors (Lipinski definition) is 1. The zero-order valence-electron chi connectivity index (χ0n) is 8.66. The summed E-state index contributed by atoms with van der Waals surface area (Å²) in [4.78, 5) is 1.05. The summed E-state index contributed by atoms with van der Waals surface area (Å²) in [7, 11) is 3.30. The van der Waals surface area contributed by atoms with Gasteiger partial charge in [-0.25, -0.2) is 0 Å². The summed E-state index contributed by atoms with van der Waals surface area (Å²) in [6.07, 6.45) is 2.00. The molecule has 0 saturated carbocycles. The van der Waals surface area contributed by atoms with Crippen LogP contribution in [0.4, 0.5) is 0 Å². The van der Waals surface area contributed by atoms with Crippen molar-refractivity contribution in [2.75, 3.05) is 20.5 Å². The van der Waals surface area contributed by atoms with Gasteiger partial charge in [0.25, 0.3) is 0 Å². The maximum Gasteiger partial charge on any atom is 0.137 e. The quantitative estimate of drug-likeness (QED) is 0.776. The van der Waals surface area contributed by atoms with Crippen LogP contribution >= 0.6 is 11.8 Å². The first-order valence-electron chi connectivity index (χ1n) is 4.25. The van der Waals surface area contributed by atoms with Crippen molar-refractivity contribution < 1.29 is 9.47 Å². The molecule has 0 heterocycles. The van der Waals surface area contributed by atoms with Crippen LogP contribution in [0, 0.1) is 0 Å². The van der Waals surface area contributed by atoms with Gasteiger partial charge in [0.2, 0.25) is 0 Å². The number of ether oxygens (including phenoxy) is 2. The molecule has 0 fully saturated rings. The van der Waals surface area contributed by atoms with Crippen molar-refractivity contribution in [3.8, 4) is 11.5 Å². The van der Waals surface area contributed by atoms with Crippen LogP contribution in [0.15, 0.2) is 17.0 Å². The van der Waals surface area contributed by atoms with E-state index in [1.165, 1.54) is 0 Å². The van der Waals surface area contributed by atoms with Gasteiger partial charge in [-0.15, -0.1) is 11.8 Å². The molecule has 0 aromatic heterocycles. The Morgan fingerprint density at radius 3 is 2.43 bits per heavy atom. The Morgan fingerprint density at radius 2 is 2.00 bits per heavy atom. The van der Waals surface area contributed by atoms with E-state index in [1.54, 1.807) is 26.0 Å². The van der Waals surface area contributed by atoms with Crippen LogP contribution in [0.3, 0.4) is 0 Å². The minimum absolute atomic E-state index is 0.452. The van der Waals surface area contributed by atoms with Crippen LogP contribution in [0.25, 0.3) is 0 Å². The Balaban J connectivity index is 3.24. The smallest absolute Gasteiger partial charge is 0.137 e. The molecule has 0 unspecified atom stereocenters. The van der Waals surface area contributed by atoms with E-state index < -0.39 is 0 Å². The second kappa shape index (κ2) is 5.12. The highest BCUT2D eigenvalue weighted by molar-refractivity contribution is 7.98. The number of thioether (sulfide) groups is 1. The van der Waals surface area contributed by atoms with Crippen LogP contribution in [0.2, 0.25) is 0 Å². The van der Waals surface area contributed by atoms with Crippen LogP contribution in [0.1, 0.15) is 5.56 Å². The Kier molecular flexibility index (Phi) is 4.10. The van der Waals surface area contributed by atoms with E-state index in [9.17, 15) is 0 Å². The predicted octanol–water partition coefficient (Wildman–Crippen LogP) is 1.88. The Morgan fingerprint density at radius 1 is 1.29 bits per heavy atom. The van der Waals surface area contributed by atoms with Crippen molar-refractivity contribution in [3.63, 3.8) is 0 Å². The number of nitrogens with two attached hydrogens (primary N) is 1. The molecule has 0 aliphatic heterocycles. The fourth-order valence-corrected chi connectivity index (χ4v) is 1.92. The van der Waals surface area contributed by atoms with Crippen LogP contribution in [0.5, 0.6) is 11.5 Å². The van der Waals surface area contributed by atoms with Gasteiger partial charge in [-0.05, 0) is 18.4 Å². The van der Waals surface area contributed by atoms with Gasteiger partial charge < -0.3 is 15.2 Å². The lowest BCUT2D eigenvalue weighted by atomic mass is 10.2. The molecule has 0 aliphatic rings. The van der Waals surface area contributed by atoms with Crippen LogP contribution in [-0.2, 0) is 6.54 Å². The monoisotopic (exact) mass is 213 g/mol. The van der Waals surface area contributed by atoms with E-state index in [-0.39, 0.29) is 0 Å². The fraction of sp³-hybridized carbons (Fsp3) is 0.400. The highest BCUT2D eigenvalue weighted by Gasteiger charge is 2.09. The molecule has 14 heavy (non-hydrogen) atoms. The van der Waals surface area contributed by atoms with E-state index in [0.29, 0.717) is 6.54 Å². The van der Waals surface area contributed by atoms with Gasteiger partial charge >= 0.3 is 0 Å². The van der Waals surface area contributed by atoms with Gasteiger partial charge in [0, 0.05) is 12.1 Å². The standard InChI is InChI=1S/C10H15NO2S/c1-12-8-4-7(6-11)10(13-2)9(5-8)14-3/h4-5H,6,11H2,1-3H3. The lowest BCUT2D eigenvalue weighted by Gasteiger charge is -2.12. The molecule has 3 nitrogen and oxygen atoms in total. The zero-order chi connectivity index (χ0) is 10.6. The number of benzene rings is 1. The van der Waals surface area contributed by atoms with Gasteiger partial charge in [-0.1, -0.05) is 0 Å². The normalized spacial score (nSPS) is 10.0. The average molecular weight is 213 g/mol. The largest absolute Gasteiger partial charge is 0.497 e. The van der Waals surface area contributed by atoms with Crippen molar-refractivity contribution in [1.82, 2.24) is 0 Å². The summed E-state index contributed by atoms with van der Waals surface area (Å²) >= 11 is 1.62. The third kappa shape index (κ3) is 2.13. The first-order chi connectivity index (χ1) is 6.76. The second-order valence-corrected chi connectivity index (χ2v) is 3.57. The van der Waals surface area contributed by atoms with Gasteiger partial charge in [-0.3, -0.25) is 0 Å². The molecule has 0 radical (unpaired) electrons.